The molecule has 2 saturated carbocycles. The van der Waals surface area contributed by atoms with E-state index in [9.17, 15) is 9.59 Å². The largest absolute Gasteiger partial charge is 0.377 e. The van der Waals surface area contributed by atoms with Gasteiger partial charge in [-0.2, -0.15) is 0 Å². The summed E-state index contributed by atoms with van der Waals surface area (Å²) in [5.41, 5.74) is 0.0696. The van der Waals surface area contributed by atoms with E-state index < -0.39 is 11.8 Å². The van der Waals surface area contributed by atoms with Crippen molar-refractivity contribution in [3.63, 3.8) is 0 Å². The lowest BCUT2D eigenvalue weighted by Gasteiger charge is -2.63. The first-order valence-electron chi connectivity index (χ1n) is 8.89. The van der Waals surface area contributed by atoms with Crippen LogP contribution in [0, 0.1) is 11.3 Å². The predicted octanol–water partition coefficient (Wildman–Crippen LogP) is 1.16. The third kappa shape index (κ3) is 2.57. The van der Waals surface area contributed by atoms with Gasteiger partial charge in [0.1, 0.15) is 11.6 Å². The molecule has 0 radical (unpaired) electrons. The summed E-state index contributed by atoms with van der Waals surface area (Å²) in [6.45, 7) is 0.761. The number of hydrogen-bond acceptors (Lipinski definition) is 5. The van der Waals surface area contributed by atoms with Crippen molar-refractivity contribution in [1.82, 2.24) is 10.3 Å². The average Bonchev–Trinajstić information content (AvgIpc) is 2.96. The minimum Gasteiger partial charge on any atom is -0.377 e. The number of nitrogens with zero attached hydrogens (tertiary/aromatic N) is 2. The molecular weight excluding hydrogens is 320 g/mol. The number of aromatic nitrogens is 1. The van der Waals surface area contributed by atoms with Gasteiger partial charge >= 0.3 is 11.8 Å². The second-order valence-corrected chi connectivity index (χ2v) is 7.51. The number of hydrogen-bond donors (Lipinski definition) is 2. The van der Waals surface area contributed by atoms with Crippen LogP contribution in [0.5, 0.6) is 0 Å². The quantitative estimate of drug-likeness (QED) is 0.804. The Balaban J connectivity index is 1.40. The van der Waals surface area contributed by atoms with Gasteiger partial charge < -0.3 is 20.3 Å². The predicted molar refractivity (Wildman–Crippen MR) is 93.3 cm³/mol. The van der Waals surface area contributed by atoms with Crippen LogP contribution in [-0.2, 0) is 14.3 Å². The molecule has 0 aromatic carbocycles. The van der Waals surface area contributed by atoms with Gasteiger partial charge in [0.2, 0.25) is 0 Å². The molecule has 3 atom stereocenters. The summed E-state index contributed by atoms with van der Waals surface area (Å²) < 4.78 is 5.85. The van der Waals surface area contributed by atoms with Gasteiger partial charge in [0.15, 0.2) is 0 Å². The second-order valence-electron chi connectivity index (χ2n) is 7.51. The Kier molecular flexibility index (Phi) is 3.91. The molecule has 2 heterocycles. The number of fused-ring (bicyclic) bond motifs is 2. The van der Waals surface area contributed by atoms with Gasteiger partial charge in [-0.1, -0.05) is 12.5 Å². The van der Waals surface area contributed by atoms with Crippen molar-refractivity contribution in [3.8, 4) is 0 Å². The van der Waals surface area contributed by atoms with Crippen LogP contribution in [0.4, 0.5) is 11.6 Å². The SMILES string of the molecule is CN(C)c1cccc(NC(=O)C(=O)N[C@@H]2[C@H]3CCO[C@H]3C23CCC3)n1. The fourth-order valence-corrected chi connectivity index (χ4v) is 4.58. The number of nitrogens with one attached hydrogen (secondary N) is 2. The van der Waals surface area contributed by atoms with Crippen LogP contribution in [0.25, 0.3) is 0 Å². The van der Waals surface area contributed by atoms with Crippen LogP contribution in [0.15, 0.2) is 18.2 Å². The van der Waals surface area contributed by atoms with Crippen LogP contribution in [0.3, 0.4) is 0 Å². The minimum absolute atomic E-state index is 0.0630. The maximum atomic E-state index is 12.4. The Bertz CT molecular complexity index is 701. The second kappa shape index (κ2) is 5.98. The van der Waals surface area contributed by atoms with E-state index in [1.165, 1.54) is 6.42 Å². The summed E-state index contributed by atoms with van der Waals surface area (Å²) >= 11 is 0. The molecule has 0 unspecified atom stereocenters. The number of rotatable bonds is 3. The molecule has 1 aliphatic heterocycles. The Morgan fingerprint density at radius 2 is 2.08 bits per heavy atom. The molecule has 4 rings (SSSR count). The van der Waals surface area contributed by atoms with E-state index in [4.69, 9.17) is 4.74 Å². The van der Waals surface area contributed by atoms with E-state index in [0.717, 1.165) is 31.7 Å². The zero-order valence-corrected chi connectivity index (χ0v) is 14.6. The zero-order valence-electron chi connectivity index (χ0n) is 14.6. The summed E-state index contributed by atoms with van der Waals surface area (Å²) in [4.78, 5) is 30.8. The summed E-state index contributed by atoms with van der Waals surface area (Å²) in [5.74, 6) is 0.197. The van der Waals surface area contributed by atoms with E-state index in [2.05, 4.69) is 15.6 Å². The molecule has 1 saturated heterocycles. The van der Waals surface area contributed by atoms with Crippen LogP contribution in [0.1, 0.15) is 25.7 Å². The molecule has 3 fully saturated rings. The number of amides is 2. The molecule has 0 bridgehead atoms. The van der Waals surface area contributed by atoms with Crippen LogP contribution in [-0.4, -0.2) is 49.6 Å². The molecule has 1 aromatic heterocycles. The summed E-state index contributed by atoms with van der Waals surface area (Å²) in [6, 6.07) is 5.37. The first-order chi connectivity index (χ1) is 12.0. The van der Waals surface area contributed by atoms with Crippen molar-refractivity contribution in [2.75, 3.05) is 30.9 Å². The first kappa shape index (κ1) is 16.3. The standard InChI is InChI=1S/C18H24N4O3/c1-22(2)13-6-3-5-12(19-13)20-16(23)17(24)21-14-11-7-10-25-15(11)18(14)8-4-9-18/h3,5-6,11,14-15H,4,7-10H2,1-2H3,(H,21,24)(H,19,20,23)/t11-,14-,15-/m1/s1. The maximum absolute atomic E-state index is 12.4. The highest BCUT2D eigenvalue weighted by molar-refractivity contribution is 6.39. The third-order valence-electron chi connectivity index (χ3n) is 5.96. The van der Waals surface area contributed by atoms with Gasteiger partial charge in [-0.05, 0) is 31.4 Å². The number of anilines is 2. The number of ether oxygens (including phenoxy) is 1. The maximum Gasteiger partial charge on any atom is 0.314 e. The molecule has 2 amide bonds. The lowest BCUT2D eigenvalue weighted by molar-refractivity contribution is -0.179. The van der Waals surface area contributed by atoms with Crippen LogP contribution < -0.4 is 15.5 Å². The van der Waals surface area contributed by atoms with Crippen molar-refractivity contribution in [3.05, 3.63) is 18.2 Å². The summed E-state index contributed by atoms with van der Waals surface area (Å²) in [5, 5.41) is 5.56. The molecule has 134 valence electrons. The van der Waals surface area contributed by atoms with Gasteiger partial charge in [-0.3, -0.25) is 9.59 Å². The van der Waals surface area contributed by atoms with E-state index in [1.54, 1.807) is 12.1 Å². The summed E-state index contributed by atoms with van der Waals surface area (Å²) in [6.07, 6.45) is 4.56. The van der Waals surface area contributed by atoms with E-state index in [-0.39, 0.29) is 17.6 Å². The van der Waals surface area contributed by atoms with Crippen molar-refractivity contribution in [1.29, 1.82) is 0 Å². The minimum atomic E-state index is -0.666. The average molecular weight is 344 g/mol. The van der Waals surface area contributed by atoms with Crippen molar-refractivity contribution in [2.24, 2.45) is 11.3 Å². The summed E-state index contributed by atoms with van der Waals surface area (Å²) in [7, 11) is 3.74. The van der Waals surface area contributed by atoms with E-state index in [1.807, 2.05) is 25.1 Å². The highest BCUT2D eigenvalue weighted by Crippen LogP contribution is 2.62. The molecule has 3 aliphatic rings. The van der Waals surface area contributed by atoms with Crippen LogP contribution >= 0.6 is 0 Å². The molecule has 2 aliphatic carbocycles. The lowest BCUT2D eigenvalue weighted by atomic mass is 9.46. The van der Waals surface area contributed by atoms with Crippen molar-refractivity contribution in [2.45, 2.75) is 37.8 Å². The fraction of sp³-hybridized carbons (Fsp3) is 0.611. The topological polar surface area (TPSA) is 83.6 Å². The van der Waals surface area contributed by atoms with Gasteiger partial charge in [-0.25, -0.2) is 4.98 Å². The number of pyridine rings is 1. The van der Waals surface area contributed by atoms with Gasteiger partial charge in [0.25, 0.3) is 0 Å². The highest BCUT2D eigenvalue weighted by atomic mass is 16.5. The van der Waals surface area contributed by atoms with Gasteiger partial charge in [0, 0.05) is 38.1 Å². The van der Waals surface area contributed by atoms with Gasteiger partial charge in [0.05, 0.1) is 6.10 Å². The molecule has 25 heavy (non-hydrogen) atoms. The molecule has 7 heteroatoms. The molecular formula is C18H24N4O3. The molecule has 1 spiro atoms. The Morgan fingerprint density at radius 1 is 1.28 bits per heavy atom. The van der Waals surface area contributed by atoms with Crippen molar-refractivity contribution >= 4 is 23.5 Å². The van der Waals surface area contributed by atoms with E-state index >= 15 is 0 Å². The normalized spacial score (nSPS) is 28.5. The Morgan fingerprint density at radius 3 is 2.76 bits per heavy atom. The first-order valence-corrected chi connectivity index (χ1v) is 8.89. The molecule has 1 aromatic rings. The zero-order chi connectivity index (χ0) is 17.6. The lowest BCUT2D eigenvalue weighted by Crippen LogP contribution is -2.72. The smallest absolute Gasteiger partial charge is 0.314 e. The van der Waals surface area contributed by atoms with Crippen molar-refractivity contribution < 1.29 is 14.3 Å². The third-order valence-corrected chi connectivity index (χ3v) is 5.96. The fourth-order valence-electron chi connectivity index (χ4n) is 4.58. The van der Waals surface area contributed by atoms with E-state index in [0.29, 0.717) is 11.7 Å². The Hall–Kier alpha value is -2.15. The highest BCUT2D eigenvalue weighted by Gasteiger charge is 2.67. The molecule has 7 nitrogen and oxygen atoms in total. The van der Waals surface area contributed by atoms with Gasteiger partial charge in [-0.15, -0.1) is 0 Å². The number of carbonyl (C=O) groups is 2. The molecule has 2 N–H and O–H groups in total. The monoisotopic (exact) mass is 344 g/mol. The Labute approximate surface area is 147 Å². The number of carbonyl (C=O) groups excluding carboxylic acids is 2. The van der Waals surface area contributed by atoms with Crippen LogP contribution in [0.2, 0.25) is 0 Å².